The molecule has 0 aliphatic carbocycles. The van der Waals surface area contributed by atoms with Gasteiger partial charge in [-0.25, -0.2) is 4.79 Å². The largest absolute Gasteiger partial charge is 0.480 e. The second-order valence-corrected chi connectivity index (χ2v) is 5.85. The maximum Gasteiger partial charge on any atom is 0.328 e. The van der Waals surface area contributed by atoms with E-state index in [1.807, 2.05) is 0 Å². The van der Waals surface area contributed by atoms with Crippen LogP contribution in [0.5, 0.6) is 0 Å². The van der Waals surface area contributed by atoms with E-state index in [0.29, 0.717) is 6.54 Å². The minimum absolute atomic E-state index is 0.0289. The van der Waals surface area contributed by atoms with E-state index in [2.05, 4.69) is 61.1 Å². The molecular formula is C11H24N4O4S4. The van der Waals surface area contributed by atoms with Crippen molar-refractivity contribution in [2.45, 2.75) is 17.3 Å². The predicted octanol–water partition coefficient (Wildman–Crippen LogP) is -1.97. The fourth-order valence-electron chi connectivity index (χ4n) is 1.30. The van der Waals surface area contributed by atoms with Gasteiger partial charge in [0.25, 0.3) is 0 Å². The van der Waals surface area contributed by atoms with Gasteiger partial charge in [-0.2, -0.15) is 50.5 Å². The quantitative estimate of drug-likeness (QED) is 0.204. The molecule has 0 bridgehead atoms. The molecule has 0 saturated heterocycles. The van der Waals surface area contributed by atoms with Crippen LogP contribution in [-0.4, -0.2) is 70.6 Å². The van der Waals surface area contributed by atoms with Gasteiger partial charge >= 0.3 is 5.97 Å². The number of aliphatic carboxylic acids is 1. The molecule has 0 aliphatic heterocycles. The van der Waals surface area contributed by atoms with Crippen LogP contribution in [0.15, 0.2) is 0 Å². The predicted molar refractivity (Wildman–Crippen MR) is 104 cm³/mol. The van der Waals surface area contributed by atoms with Gasteiger partial charge in [-0.3, -0.25) is 9.59 Å². The van der Waals surface area contributed by atoms with E-state index in [1.165, 1.54) is 0 Å². The number of carbonyl (C=O) groups excluding carboxylic acids is 2. The summed E-state index contributed by atoms with van der Waals surface area (Å²) in [6.07, 6.45) is 0. The van der Waals surface area contributed by atoms with Gasteiger partial charge in [0, 0.05) is 24.1 Å². The fraction of sp³-hybridized carbons (Fsp3) is 0.727. The van der Waals surface area contributed by atoms with Crippen molar-refractivity contribution < 1.29 is 19.5 Å². The minimum Gasteiger partial charge on any atom is -0.480 e. The van der Waals surface area contributed by atoms with Crippen molar-refractivity contribution in [3.05, 3.63) is 0 Å². The lowest BCUT2D eigenvalue weighted by atomic mass is 10.0. The number of thiol groups is 4. The SMILES string of the molecule is NCC(S)C(NC(=O)CS)C(NC(=O)CS)C(=O)O.NCCS. The summed E-state index contributed by atoms with van der Waals surface area (Å²) in [4.78, 5) is 33.8. The van der Waals surface area contributed by atoms with Gasteiger partial charge in [0.1, 0.15) is 6.04 Å². The van der Waals surface area contributed by atoms with Crippen LogP contribution >= 0.6 is 50.5 Å². The van der Waals surface area contributed by atoms with Gasteiger partial charge in [0.2, 0.25) is 11.8 Å². The number of carbonyl (C=O) groups is 3. The van der Waals surface area contributed by atoms with Crippen molar-refractivity contribution in [3.63, 3.8) is 0 Å². The molecule has 0 rings (SSSR count). The monoisotopic (exact) mass is 404 g/mol. The van der Waals surface area contributed by atoms with Crippen LogP contribution in [0.1, 0.15) is 0 Å². The normalized spacial score (nSPS) is 13.8. The lowest BCUT2D eigenvalue weighted by Gasteiger charge is -2.29. The highest BCUT2D eigenvalue weighted by molar-refractivity contribution is 7.81. The molecule has 23 heavy (non-hydrogen) atoms. The Morgan fingerprint density at radius 1 is 1.00 bits per heavy atom. The van der Waals surface area contributed by atoms with Crippen LogP contribution in [-0.2, 0) is 14.4 Å². The Bertz CT molecular complexity index is 374. The summed E-state index contributed by atoms with van der Waals surface area (Å²) < 4.78 is 0. The minimum atomic E-state index is -1.34. The van der Waals surface area contributed by atoms with Crippen LogP contribution in [0.25, 0.3) is 0 Å². The molecular weight excluding hydrogens is 380 g/mol. The van der Waals surface area contributed by atoms with E-state index < -0.39 is 35.1 Å². The first kappa shape index (κ1) is 25.0. The molecule has 0 aromatic heterocycles. The topological polar surface area (TPSA) is 148 Å². The van der Waals surface area contributed by atoms with Gasteiger partial charge in [-0.15, -0.1) is 0 Å². The highest BCUT2D eigenvalue weighted by Gasteiger charge is 2.34. The molecule has 0 saturated carbocycles. The second kappa shape index (κ2) is 15.3. The second-order valence-electron chi connectivity index (χ2n) is 4.11. The molecule has 3 atom stereocenters. The van der Waals surface area contributed by atoms with Gasteiger partial charge in [-0.05, 0) is 0 Å². The average Bonchev–Trinajstić information content (AvgIpc) is 2.56. The number of rotatable bonds is 9. The third-order valence-electron chi connectivity index (χ3n) is 2.34. The summed E-state index contributed by atoms with van der Waals surface area (Å²) in [5.41, 5.74) is 10.4. The molecule has 3 unspecified atom stereocenters. The maximum atomic E-state index is 11.3. The standard InChI is InChI=1S/C9H17N3O4S3.C2H7NS/c10-1-4(19)7(11-5(13)2-17)8(9(15)16)12-6(14)3-18;3-1-2-4/h4,7-8,17-19H,1-3,10H2,(H,11,13)(H,12,14)(H,15,16);4H,1-3H2. The van der Waals surface area contributed by atoms with Crippen molar-refractivity contribution >= 4 is 68.3 Å². The molecule has 0 fully saturated rings. The molecule has 7 N–H and O–H groups in total. The van der Waals surface area contributed by atoms with E-state index in [0.717, 1.165) is 5.75 Å². The number of nitrogens with two attached hydrogens (primary N) is 2. The molecule has 0 spiro atoms. The van der Waals surface area contributed by atoms with E-state index in [-0.39, 0.29) is 18.1 Å². The van der Waals surface area contributed by atoms with Crippen LogP contribution < -0.4 is 22.1 Å². The highest BCUT2D eigenvalue weighted by atomic mass is 32.1. The third kappa shape index (κ3) is 11.8. The van der Waals surface area contributed by atoms with E-state index >= 15 is 0 Å². The summed E-state index contributed by atoms with van der Waals surface area (Å²) in [5.74, 6) is -1.84. The smallest absolute Gasteiger partial charge is 0.328 e. The van der Waals surface area contributed by atoms with E-state index in [9.17, 15) is 14.4 Å². The third-order valence-corrected chi connectivity index (χ3v) is 3.71. The Balaban J connectivity index is 0. The summed E-state index contributed by atoms with van der Waals surface area (Å²) in [5, 5.41) is 13.2. The fourth-order valence-corrected chi connectivity index (χ4v) is 1.73. The first-order chi connectivity index (χ1) is 10.8. The van der Waals surface area contributed by atoms with Crippen LogP contribution in [0.3, 0.4) is 0 Å². The molecule has 12 heteroatoms. The van der Waals surface area contributed by atoms with Crippen molar-refractivity contribution in [1.82, 2.24) is 10.6 Å². The van der Waals surface area contributed by atoms with Crippen molar-refractivity contribution in [2.75, 3.05) is 30.3 Å². The summed E-state index contributed by atoms with van der Waals surface area (Å²) in [6, 6.07) is -2.29. The maximum absolute atomic E-state index is 11.3. The zero-order valence-electron chi connectivity index (χ0n) is 12.4. The van der Waals surface area contributed by atoms with Crippen LogP contribution in [0, 0.1) is 0 Å². The molecule has 8 nitrogen and oxygen atoms in total. The highest BCUT2D eigenvalue weighted by Crippen LogP contribution is 2.07. The van der Waals surface area contributed by atoms with Gasteiger partial charge < -0.3 is 27.2 Å². The molecule has 2 amide bonds. The Morgan fingerprint density at radius 3 is 1.74 bits per heavy atom. The average molecular weight is 405 g/mol. The van der Waals surface area contributed by atoms with Gasteiger partial charge in [0.05, 0.1) is 17.5 Å². The van der Waals surface area contributed by atoms with E-state index in [1.54, 1.807) is 0 Å². The molecule has 0 aromatic carbocycles. The summed E-state index contributed by atoms with van der Waals surface area (Å²) >= 11 is 15.4. The van der Waals surface area contributed by atoms with Crippen LogP contribution in [0.2, 0.25) is 0 Å². The summed E-state index contributed by atoms with van der Waals surface area (Å²) in [7, 11) is 0. The zero-order chi connectivity index (χ0) is 18.4. The molecule has 0 aromatic rings. The Kier molecular flexibility index (Phi) is 16.6. The Morgan fingerprint density at radius 2 is 1.43 bits per heavy atom. The molecule has 0 aliphatic rings. The molecule has 0 radical (unpaired) electrons. The lowest BCUT2D eigenvalue weighted by Crippen LogP contribution is -2.60. The number of carboxylic acid groups (broad SMARTS) is 1. The first-order valence-electron chi connectivity index (χ1n) is 6.51. The van der Waals surface area contributed by atoms with Crippen molar-refractivity contribution in [1.29, 1.82) is 0 Å². The number of hydrogen-bond donors (Lipinski definition) is 9. The molecule has 136 valence electrons. The van der Waals surface area contributed by atoms with Gasteiger partial charge in [-0.1, -0.05) is 0 Å². The van der Waals surface area contributed by atoms with Crippen molar-refractivity contribution in [2.24, 2.45) is 11.5 Å². The van der Waals surface area contributed by atoms with Gasteiger partial charge in [0.15, 0.2) is 0 Å². The lowest BCUT2D eigenvalue weighted by molar-refractivity contribution is -0.142. The van der Waals surface area contributed by atoms with Crippen LogP contribution in [0.4, 0.5) is 0 Å². The first-order valence-corrected chi connectivity index (χ1v) is 8.92. The number of nitrogens with one attached hydrogen (secondary N) is 2. The zero-order valence-corrected chi connectivity index (χ0v) is 16.0. The number of hydrogen-bond acceptors (Lipinski definition) is 9. The number of amides is 2. The summed E-state index contributed by atoms with van der Waals surface area (Å²) in [6.45, 7) is 0.713. The molecule has 0 heterocycles. The Labute approximate surface area is 157 Å². The Hall–Kier alpha value is -0.270. The van der Waals surface area contributed by atoms with Crippen molar-refractivity contribution in [3.8, 4) is 0 Å². The number of carboxylic acids is 1. The van der Waals surface area contributed by atoms with E-state index in [4.69, 9.17) is 16.6 Å².